The lowest BCUT2D eigenvalue weighted by molar-refractivity contribution is -0.137. The summed E-state index contributed by atoms with van der Waals surface area (Å²) in [6.45, 7) is 3.02. The second kappa shape index (κ2) is 5.77. The van der Waals surface area contributed by atoms with Crippen LogP contribution in [0.1, 0.15) is 23.7 Å². The Balaban J connectivity index is 2.32. The van der Waals surface area contributed by atoms with Gasteiger partial charge < -0.3 is 14.6 Å². The summed E-state index contributed by atoms with van der Waals surface area (Å²) < 4.78 is 2.02. The highest BCUT2D eigenvalue weighted by Gasteiger charge is 2.18. The molecule has 1 amide bonds. The molecule has 2 rings (SSSR count). The van der Waals surface area contributed by atoms with Crippen LogP contribution in [0.3, 0.4) is 0 Å². The molecule has 2 aromatic rings. The number of hydrogen-bond donors (Lipinski definition) is 1. The van der Waals surface area contributed by atoms with E-state index in [9.17, 15) is 9.59 Å². The molecule has 20 heavy (non-hydrogen) atoms. The number of aryl methyl sites for hydroxylation is 1. The van der Waals surface area contributed by atoms with Crippen LogP contribution in [0.15, 0.2) is 30.5 Å². The zero-order chi connectivity index (χ0) is 14.7. The molecule has 0 saturated carbocycles. The van der Waals surface area contributed by atoms with Crippen molar-refractivity contribution in [1.29, 1.82) is 0 Å². The first-order valence-corrected chi connectivity index (χ1v) is 6.59. The minimum atomic E-state index is -0.902. The number of carbonyl (C=O) groups is 2. The summed E-state index contributed by atoms with van der Waals surface area (Å²) in [5.74, 6) is -1.05. The van der Waals surface area contributed by atoms with E-state index in [0.717, 1.165) is 17.4 Å². The van der Waals surface area contributed by atoms with E-state index in [1.54, 1.807) is 7.05 Å². The fourth-order valence-corrected chi connectivity index (χ4v) is 2.25. The standard InChI is InChI=1S/C15H18N2O3/c1-3-17-10-12(11-6-4-5-7-13(11)17)15(20)16(2)9-8-14(18)19/h4-7,10H,3,8-9H2,1-2H3,(H,18,19). The molecule has 0 bridgehead atoms. The Kier molecular flexibility index (Phi) is 4.08. The molecule has 0 radical (unpaired) electrons. The smallest absolute Gasteiger partial charge is 0.305 e. The van der Waals surface area contributed by atoms with Gasteiger partial charge in [-0.2, -0.15) is 0 Å². The molecule has 0 saturated heterocycles. The lowest BCUT2D eigenvalue weighted by atomic mass is 10.1. The van der Waals surface area contributed by atoms with Gasteiger partial charge in [0.15, 0.2) is 0 Å². The third-order valence-corrected chi connectivity index (χ3v) is 3.37. The van der Waals surface area contributed by atoms with E-state index in [1.165, 1.54) is 4.90 Å². The Labute approximate surface area is 117 Å². The maximum absolute atomic E-state index is 12.4. The SMILES string of the molecule is CCn1cc(C(=O)N(C)CCC(=O)O)c2ccccc21. The zero-order valence-corrected chi connectivity index (χ0v) is 11.7. The lowest BCUT2D eigenvalue weighted by Gasteiger charge is -2.15. The molecule has 1 heterocycles. The summed E-state index contributed by atoms with van der Waals surface area (Å²) in [5, 5.41) is 9.59. The lowest BCUT2D eigenvalue weighted by Crippen LogP contribution is -2.28. The molecular formula is C15H18N2O3. The average Bonchev–Trinajstić information content (AvgIpc) is 2.82. The van der Waals surface area contributed by atoms with Crippen molar-refractivity contribution in [2.24, 2.45) is 0 Å². The Bertz CT molecular complexity index is 646. The number of carboxylic acid groups (broad SMARTS) is 1. The largest absolute Gasteiger partial charge is 0.481 e. The van der Waals surface area contributed by atoms with Crippen molar-refractivity contribution in [3.8, 4) is 0 Å². The van der Waals surface area contributed by atoms with E-state index in [4.69, 9.17) is 5.11 Å². The normalized spacial score (nSPS) is 10.7. The van der Waals surface area contributed by atoms with Crippen LogP contribution in [0.5, 0.6) is 0 Å². The second-order valence-corrected chi connectivity index (χ2v) is 4.72. The minimum Gasteiger partial charge on any atom is -0.481 e. The van der Waals surface area contributed by atoms with Gasteiger partial charge >= 0.3 is 5.97 Å². The average molecular weight is 274 g/mol. The summed E-state index contributed by atoms with van der Waals surface area (Å²) in [7, 11) is 1.63. The van der Waals surface area contributed by atoms with Gasteiger partial charge in [-0.1, -0.05) is 18.2 Å². The van der Waals surface area contributed by atoms with Crippen molar-refractivity contribution in [1.82, 2.24) is 9.47 Å². The van der Waals surface area contributed by atoms with Crippen molar-refractivity contribution in [3.63, 3.8) is 0 Å². The zero-order valence-electron chi connectivity index (χ0n) is 11.7. The van der Waals surface area contributed by atoms with Gasteiger partial charge in [-0.15, -0.1) is 0 Å². The van der Waals surface area contributed by atoms with Gasteiger partial charge in [-0.3, -0.25) is 9.59 Å². The van der Waals surface area contributed by atoms with Gasteiger partial charge in [0.05, 0.1) is 12.0 Å². The van der Waals surface area contributed by atoms with Crippen LogP contribution in [-0.4, -0.2) is 40.0 Å². The molecule has 1 aromatic heterocycles. The van der Waals surface area contributed by atoms with Gasteiger partial charge in [-0.25, -0.2) is 0 Å². The monoisotopic (exact) mass is 274 g/mol. The number of rotatable bonds is 5. The number of hydrogen-bond acceptors (Lipinski definition) is 2. The van der Waals surface area contributed by atoms with Crippen molar-refractivity contribution >= 4 is 22.8 Å². The maximum atomic E-state index is 12.4. The topological polar surface area (TPSA) is 62.5 Å². The highest BCUT2D eigenvalue weighted by atomic mass is 16.4. The Morgan fingerprint density at radius 1 is 1.30 bits per heavy atom. The van der Waals surface area contributed by atoms with Gasteiger partial charge in [0.2, 0.25) is 0 Å². The fourth-order valence-electron chi connectivity index (χ4n) is 2.25. The van der Waals surface area contributed by atoms with E-state index in [1.807, 2.05) is 42.0 Å². The molecule has 0 aliphatic carbocycles. The first-order chi connectivity index (χ1) is 9.54. The molecule has 5 heteroatoms. The van der Waals surface area contributed by atoms with Crippen molar-refractivity contribution < 1.29 is 14.7 Å². The minimum absolute atomic E-state index is 0.0470. The van der Waals surface area contributed by atoms with E-state index in [2.05, 4.69) is 0 Å². The van der Waals surface area contributed by atoms with E-state index in [0.29, 0.717) is 5.56 Å². The predicted molar refractivity (Wildman–Crippen MR) is 76.8 cm³/mol. The fraction of sp³-hybridized carbons (Fsp3) is 0.333. The Morgan fingerprint density at radius 3 is 2.65 bits per heavy atom. The molecule has 106 valence electrons. The highest BCUT2D eigenvalue weighted by Crippen LogP contribution is 2.22. The Hall–Kier alpha value is -2.30. The van der Waals surface area contributed by atoms with Crippen LogP contribution in [0.2, 0.25) is 0 Å². The Morgan fingerprint density at radius 2 is 2.00 bits per heavy atom. The van der Waals surface area contributed by atoms with Crippen molar-refractivity contribution in [3.05, 3.63) is 36.0 Å². The molecule has 0 fully saturated rings. The first kappa shape index (κ1) is 14.1. The number of nitrogens with zero attached hydrogens (tertiary/aromatic N) is 2. The van der Waals surface area contributed by atoms with Crippen LogP contribution in [0, 0.1) is 0 Å². The van der Waals surface area contributed by atoms with Crippen LogP contribution < -0.4 is 0 Å². The molecule has 5 nitrogen and oxygen atoms in total. The predicted octanol–water partition coefficient (Wildman–Crippen LogP) is 2.21. The quantitative estimate of drug-likeness (QED) is 0.909. The third kappa shape index (κ3) is 2.66. The van der Waals surface area contributed by atoms with Crippen LogP contribution in [-0.2, 0) is 11.3 Å². The van der Waals surface area contributed by atoms with Crippen LogP contribution in [0.4, 0.5) is 0 Å². The maximum Gasteiger partial charge on any atom is 0.305 e. The van der Waals surface area contributed by atoms with Gasteiger partial charge in [0.1, 0.15) is 0 Å². The number of benzene rings is 1. The van der Waals surface area contributed by atoms with Crippen LogP contribution >= 0.6 is 0 Å². The van der Waals surface area contributed by atoms with Crippen LogP contribution in [0.25, 0.3) is 10.9 Å². The molecule has 1 N–H and O–H groups in total. The number of carbonyl (C=O) groups excluding carboxylic acids is 1. The van der Waals surface area contributed by atoms with E-state index in [-0.39, 0.29) is 18.9 Å². The first-order valence-electron chi connectivity index (χ1n) is 6.59. The summed E-state index contributed by atoms with van der Waals surface area (Å²) in [5.41, 5.74) is 1.64. The van der Waals surface area contributed by atoms with Gasteiger partial charge in [0.25, 0.3) is 5.91 Å². The summed E-state index contributed by atoms with van der Waals surface area (Å²) >= 11 is 0. The molecule has 0 aliphatic rings. The van der Waals surface area contributed by atoms with Crippen molar-refractivity contribution in [2.45, 2.75) is 19.9 Å². The highest BCUT2D eigenvalue weighted by molar-refractivity contribution is 6.06. The number of aromatic nitrogens is 1. The molecule has 0 spiro atoms. The molecular weight excluding hydrogens is 256 g/mol. The molecule has 0 atom stereocenters. The summed E-state index contributed by atoms with van der Waals surface area (Å²) in [6, 6.07) is 7.74. The number of para-hydroxylation sites is 1. The number of fused-ring (bicyclic) bond motifs is 1. The summed E-state index contributed by atoms with van der Waals surface area (Å²) in [4.78, 5) is 24.5. The van der Waals surface area contributed by atoms with Gasteiger partial charge in [-0.05, 0) is 13.0 Å². The second-order valence-electron chi connectivity index (χ2n) is 4.72. The number of amides is 1. The number of aliphatic carboxylic acids is 1. The molecule has 0 unspecified atom stereocenters. The molecule has 0 aliphatic heterocycles. The number of carboxylic acids is 1. The van der Waals surface area contributed by atoms with E-state index < -0.39 is 5.97 Å². The molecule has 1 aromatic carbocycles. The van der Waals surface area contributed by atoms with E-state index >= 15 is 0 Å². The third-order valence-electron chi connectivity index (χ3n) is 3.37. The van der Waals surface area contributed by atoms with Gasteiger partial charge in [0, 0.05) is 37.2 Å². The van der Waals surface area contributed by atoms with Crippen molar-refractivity contribution in [2.75, 3.05) is 13.6 Å². The summed E-state index contributed by atoms with van der Waals surface area (Å²) in [6.07, 6.45) is 1.79.